The first kappa shape index (κ1) is 14.6. The minimum Gasteiger partial charge on any atom is -0.370 e. The summed E-state index contributed by atoms with van der Waals surface area (Å²) in [7, 11) is 1.92. The van der Waals surface area contributed by atoms with Crippen molar-refractivity contribution in [3.63, 3.8) is 0 Å². The fourth-order valence-electron chi connectivity index (χ4n) is 2.92. The highest BCUT2D eigenvalue weighted by Crippen LogP contribution is 2.20. The SMILES string of the molecule is Cn1cc(-c2cccc(CN=C(N)NC3CCCC3)c2)cn1. The van der Waals surface area contributed by atoms with E-state index < -0.39 is 0 Å². The minimum absolute atomic E-state index is 0.505. The molecule has 1 saturated carbocycles. The molecule has 0 saturated heterocycles. The molecule has 116 valence electrons. The Morgan fingerprint density at radius 1 is 1.36 bits per heavy atom. The van der Waals surface area contributed by atoms with Gasteiger partial charge in [0.2, 0.25) is 0 Å². The highest BCUT2D eigenvalue weighted by Gasteiger charge is 2.14. The molecule has 0 amide bonds. The first-order valence-corrected chi connectivity index (χ1v) is 7.85. The Morgan fingerprint density at radius 2 is 2.18 bits per heavy atom. The van der Waals surface area contributed by atoms with Crippen LogP contribution < -0.4 is 11.1 Å². The third-order valence-electron chi connectivity index (χ3n) is 4.10. The molecule has 5 heteroatoms. The van der Waals surface area contributed by atoms with Gasteiger partial charge in [0.25, 0.3) is 0 Å². The van der Waals surface area contributed by atoms with Crippen LogP contribution in [0.15, 0.2) is 41.7 Å². The number of nitrogens with zero attached hydrogens (tertiary/aromatic N) is 3. The second kappa shape index (κ2) is 6.64. The zero-order chi connectivity index (χ0) is 15.4. The molecule has 3 N–H and O–H groups in total. The van der Waals surface area contributed by atoms with Crippen molar-refractivity contribution in [2.45, 2.75) is 38.3 Å². The van der Waals surface area contributed by atoms with E-state index in [1.807, 2.05) is 30.2 Å². The summed E-state index contributed by atoms with van der Waals surface area (Å²) in [6.07, 6.45) is 8.87. The van der Waals surface area contributed by atoms with Crippen LogP contribution in [0.4, 0.5) is 0 Å². The summed E-state index contributed by atoms with van der Waals surface area (Å²) in [5, 5.41) is 7.53. The molecular formula is C17H23N5. The van der Waals surface area contributed by atoms with Crippen molar-refractivity contribution in [2.24, 2.45) is 17.8 Å². The molecule has 22 heavy (non-hydrogen) atoms. The number of hydrogen-bond acceptors (Lipinski definition) is 2. The van der Waals surface area contributed by atoms with Crippen LogP contribution in [0.25, 0.3) is 11.1 Å². The van der Waals surface area contributed by atoms with E-state index in [1.165, 1.54) is 25.7 Å². The van der Waals surface area contributed by atoms with Crippen molar-refractivity contribution in [3.05, 3.63) is 42.2 Å². The van der Waals surface area contributed by atoms with Crippen molar-refractivity contribution < 1.29 is 0 Å². The van der Waals surface area contributed by atoms with Gasteiger partial charge in [-0.1, -0.05) is 31.0 Å². The van der Waals surface area contributed by atoms with E-state index in [-0.39, 0.29) is 0 Å². The molecule has 3 rings (SSSR count). The molecule has 1 aromatic heterocycles. The number of guanidine groups is 1. The van der Waals surface area contributed by atoms with Gasteiger partial charge in [-0.25, -0.2) is 4.99 Å². The molecule has 0 bridgehead atoms. The average molecular weight is 297 g/mol. The van der Waals surface area contributed by atoms with Crippen molar-refractivity contribution in [1.82, 2.24) is 15.1 Å². The van der Waals surface area contributed by atoms with Gasteiger partial charge in [-0.05, 0) is 30.0 Å². The maximum Gasteiger partial charge on any atom is 0.189 e. The van der Waals surface area contributed by atoms with E-state index in [0.29, 0.717) is 18.5 Å². The number of nitrogens with one attached hydrogen (secondary N) is 1. The van der Waals surface area contributed by atoms with Gasteiger partial charge in [0.15, 0.2) is 5.96 Å². The normalized spacial score (nSPS) is 16.1. The molecule has 2 aromatic rings. The fraction of sp³-hybridized carbons (Fsp3) is 0.412. The summed E-state index contributed by atoms with van der Waals surface area (Å²) in [6, 6.07) is 8.86. The van der Waals surface area contributed by atoms with Crippen LogP contribution in [0, 0.1) is 0 Å². The lowest BCUT2D eigenvalue weighted by atomic mass is 10.1. The van der Waals surface area contributed by atoms with Crippen molar-refractivity contribution in [1.29, 1.82) is 0 Å². The van der Waals surface area contributed by atoms with E-state index >= 15 is 0 Å². The monoisotopic (exact) mass is 297 g/mol. The number of rotatable bonds is 4. The lowest BCUT2D eigenvalue weighted by Gasteiger charge is -2.12. The first-order chi connectivity index (χ1) is 10.7. The summed E-state index contributed by atoms with van der Waals surface area (Å²) < 4.78 is 1.81. The van der Waals surface area contributed by atoms with Gasteiger partial charge in [-0.15, -0.1) is 0 Å². The van der Waals surface area contributed by atoms with Crippen molar-refractivity contribution >= 4 is 5.96 Å². The predicted octanol–water partition coefficient (Wildman–Crippen LogP) is 2.43. The zero-order valence-corrected chi connectivity index (χ0v) is 13.0. The van der Waals surface area contributed by atoms with Gasteiger partial charge in [-0.3, -0.25) is 4.68 Å². The number of aromatic nitrogens is 2. The Hall–Kier alpha value is -2.30. The standard InChI is InChI=1S/C17H23N5/c1-22-12-15(11-20-22)14-6-4-5-13(9-14)10-19-17(18)21-16-7-2-3-8-16/h4-6,9,11-12,16H,2-3,7-8,10H2,1H3,(H3,18,19,21). The number of nitrogens with two attached hydrogens (primary N) is 1. The first-order valence-electron chi connectivity index (χ1n) is 7.85. The fourth-order valence-corrected chi connectivity index (χ4v) is 2.92. The summed E-state index contributed by atoms with van der Waals surface area (Å²) in [5.41, 5.74) is 9.40. The molecule has 1 aromatic carbocycles. The summed E-state index contributed by atoms with van der Waals surface area (Å²) in [6.45, 7) is 0.597. The molecule has 5 nitrogen and oxygen atoms in total. The lowest BCUT2D eigenvalue weighted by Crippen LogP contribution is -2.38. The summed E-state index contributed by atoms with van der Waals surface area (Å²) in [5.74, 6) is 0.554. The minimum atomic E-state index is 0.505. The third-order valence-corrected chi connectivity index (χ3v) is 4.10. The van der Waals surface area contributed by atoms with Crippen LogP contribution in [0.3, 0.4) is 0 Å². The molecule has 1 fully saturated rings. The third kappa shape index (κ3) is 3.67. The number of benzene rings is 1. The Kier molecular flexibility index (Phi) is 4.42. The van der Waals surface area contributed by atoms with E-state index in [9.17, 15) is 0 Å². The number of aliphatic imine (C=N–C) groups is 1. The second-order valence-electron chi connectivity index (χ2n) is 5.93. The Labute approximate surface area is 131 Å². The van der Waals surface area contributed by atoms with Crippen LogP contribution in [0.2, 0.25) is 0 Å². The quantitative estimate of drug-likeness (QED) is 0.673. The maximum absolute atomic E-state index is 5.98. The highest BCUT2D eigenvalue weighted by molar-refractivity contribution is 5.78. The van der Waals surface area contributed by atoms with Gasteiger partial charge in [0.1, 0.15) is 0 Å². The van der Waals surface area contributed by atoms with E-state index in [2.05, 4.69) is 33.6 Å². The molecule has 1 aliphatic rings. The van der Waals surface area contributed by atoms with Gasteiger partial charge < -0.3 is 11.1 Å². The maximum atomic E-state index is 5.98. The zero-order valence-electron chi connectivity index (χ0n) is 13.0. The molecule has 0 aliphatic heterocycles. The highest BCUT2D eigenvalue weighted by atomic mass is 15.2. The van der Waals surface area contributed by atoms with Crippen LogP contribution in [-0.2, 0) is 13.6 Å². The smallest absolute Gasteiger partial charge is 0.189 e. The number of aryl methyl sites for hydroxylation is 1. The van der Waals surface area contributed by atoms with Gasteiger partial charge in [-0.2, -0.15) is 5.10 Å². The molecule has 0 unspecified atom stereocenters. The topological polar surface area (TPSA) is 68.2 Å². The summed E-state index contributed by atoms with van der Waals surface area (Å²) in [4.78, 5) is 4.46. The van der Waals surface area contributed by atoms with E-state index in [4.69, 9.17) is 5.73 Å². The Balaban J connectivity index is 1.65. The predicted molar refractivity (Wildman–Crippen MR) is 89.4 cm³/mol. The lowest BCUT2D eigenvalue weighted by molar-refractivity contribution is 0.625. The van der Waals surface area contributed by atoms with Crippen LogP contribution in [-0.4, -0.2) is 21.8 Å². The Morgan fingerprint density at radius 3 is 2.91 bits per heavy atom. The molecule has 1 heterocycles. The molecular weight excluding hydrogens is 274 g/mol. The molecule has 0 spiro atoms. The average Bonchev–Trinajstić information content (AvgIpc) is 3.17. The molecule has 0 radical (unpaired) electrons. The summed E-state index contributed by atoms with van der Waals surface area (Å²) >= 11 is 0. The van der Waals surface area contributed by atoms with Crippen molar-refractivity contribution in [2.75, 3.05) is 0 Å². The van der Waals surface area contributed by atoms with Crippen LogP contribution in [0.1, 0.15) is 31.2 Å². The van der Waals surface area contributed by atoms with Crippen LogP contribution in [0.5, 0.6) is 0 Å². The van der Waals surface area contributed by atoms with Crippen molar-refractivity contribution in [3.8, 4) is 11.1 Å². The molecule has 1 aliphatic carbocycles. The van der Waals surface area contributed by atoms with Gasteiger partial charge in [0.05, 0.1) is 12.7 Å². The van der Waals surface area contributed by atoms with Gasteiger partial charge in [0, 0.05) is 24.8 Å². The largest absolute Gasteiger partial charge is 0.370 e. The van der Waals surface area contributed by atoms with Crippen LogP contribution >= 0.6 is 0 Å². The number of hydrogen-bond donors (Lipinski definition) is 2. The van der Waals surface area contributed by atoms with E-state index in [1.54, 1.807) is 0 Å². The Bertz CT molecular complexity index is 653. The molecule has 0 atom stereocenters. The van der Waals surface area contributed by atoms with Gasteiger partial charge >= 0.3 is 0 Å². The van der Waals surface area contributed by atoms with E-state index in [0.717, 1.165) is 16.7 Å². The second-order valence-corrected chi connectivity index (χ2v) is 5.93.